The average Bonchev–Trinajstić information content (AvgIpc) is 2.33. The first kappa shape index (κ1) is 16.3. The van der Waals surface area contributed by atoms with Crippen molar-refractivity contribution in [1.29, 1.82) is 0 Å². The smallest absolute Gasteiger partial charge is 0.391 e. The molecule has 1 aromatic rings. The summed E-state index contributed by atoms with van der Waals surface area (Å²) in [5.74, 6) is -0.407. The highest BCUT2D eigenvalue weighted by Gasteiger charge is 2.26. The predicted octanol–water partition coefficient (Wildman–Crippen LogP) is 2.66. The van der Waals surface area contributed by atoms with Gasteiger partial charge in [-0.25, -0.2) is 0 Å². The first-order valence-electron chi connectivity index (χ1n) is 5.95. The zero-order valence-electron chi connectivity index (χ0n) is 10.7. The maximum absolute atomic E-state index is 11.8. The molecule has 0 spiro atoms. The van der Waals surface area contributed by atoms with Gasteiger partial charge in [-0.2, -0.15) is 13.2 Å². The van der Waals surface area contributed by atoms with E-state index in [1.165, 1.54) is 0 Å². The molecule has 0 fully saturated rings. The lowest BCUT2D eigenvalue weighted by atomic mass is 10.1. The third-order valence-corrected chi connectivity index (χ3v) is 2.30. The average molecular weight is 292 g/mol. The number of hydrogen-bond donors (Lipinski definition) is 1. The lowest BCUT2D eigenvalue weighted by molar-refractivity contribution is -0.145. The van der Waals surface area contributed by atoms with E-state index < -0.39 is 18.6 Å². The number of benzene rings is 1. The Morgan fingerprint density at radius 2 is 1.75 bits per heavy atom. The summed E-state index contributed by atoms with van der Waals surface area (Å²) < 4.78 is 45.4. The summed E-state index contributed by atoms with van der Waals surface area (Å²) in [4.78, 5) is 10.5. The Labute approximate surface area is 114 Å². The van der Waals surface area contributed by atoms with Gasteiger partial charge in [0, 0.05) is 0 Å². The molecule has 0 unspecified atom stereocenters. The normalized spacial score (nSPS) is 11.3. The molecule has 1 N–H and O–H groups in total. The Morgan fingerprint density at radius 3 is 2.30 bits per heavy atom. The van der Waals surface area contributed by atoms with Crippen LogP contribution in [0.3, 0.4) is 0 Å². The van der Waals surface area contributed by atoms with Crippen LogP contribution in [0.15, 0.2) is 24.3 Å². The van der Waals surface area contributed by atoms with E-state index in [4.69, 9.17) is 14.6 Å². The van der Waals surface area contributed by atoms with Crippen LogP contribution in [0.2, 0.25) is 0 Å². The van der Waals surface area contributed by atoms with E-state index in [1.54, 1.807) is 24.3 Å². The number of carboxylic acids is 1. The van der Waals surface area contributed by atoms with Crippen molar-refractivity contribution in [3.8, 4) is 5.75 Å². The molecule has 4 nitrogen and oxygen atoms in total. The molecule has 0 aliphatic heterocycles. The fraction of sp³-hybridized carbons (Fsp3) is 0.462. The molecule has 0 heterocycles. The minimum Gasteiger partial charge on any atom is -0.491 e. The van der Waals surface area contributed by atoms with Crippen LogP contribution in [0.5, 0.6) is 5.75 Å². The summed E-state index contributed by atoms with van der Waals surface area (Å²) in [7, 11) is 0. The molecule has 1 aromatic carbocycles. The van der Waals surface area contributed by atoms with E-state index in [9.17, 15) is 18.0 Å². The summed E-state index contributed by atoms with van der Waals surface area (Å²) in [5.41, 5.74) is 0.645. The quantitative estimate of drug-likeness (QED) is 0.748. The van der Waals surface area contributed by atoms with Gasteiger partial charge in [0.1, 0.15) is 12.4 Å². The molecule has 0 atom stereocenters. The number of ether oxygens (including phenoxy) is 2. The molecule has 0 aliphatic rings. The van der Waals surface area contributed by atoms with Crippen LogP contribution in [0.4, 0.5) is 13.2 Å². The maximum atomic E-state index is 11.8. The van der Waals surface area contributed by atoms with Crippen LogP contribution in [0.1, 0.15) is 12.0 Å². The molecule has 0 aromatic heterocycles. The molecule has 7 heteroatoms. The lowest BCUT2D eigenvalue weighted by Gasteiger charge is -2.09. The van der Waals surface area contributed by atoms with Crippen molar-refractivity contribution in [3.63, 3.8) is 0 Å². The summed E-state index contributed by atoms with van der Waals surface area (Å²) in [6.07, 6.45) is -5.25. The van der Waals surface area contributed by atoms with Crippen LogP contribution in [-0.2, 0) is 16.0 Å². The predicted molar refractivity (Wildman–Crippen MR) is 64.8 cm³/mol. The van der Waals surface area contributed by atoms with E-state index in [-0.39, 0.29) is 26.2 Å². The number of carbonyl (C=O) groups is 1. The molecule has 0 saturated heterocycles. The second-order valence-corrected chi connectivity index (χ2v) is 4.04. The molecule has 0 aliphatic carbocycles. The van der Waals surface area contributed by atoms with Gasteiger partial charge < -0.3 is 14.6 Å². The van der Waals surface area contributed by atoms with Crippen molar-refractivity contribution in [2.24, 2.45) is 0 Å². The lowest BCUT2D eigenvalue weighted by Crippen LogP contribution is -2.14. The highest BCUT2D eigenvalue weighted by Crippen LogP contribution is 2.19. The van der Waals surface area contributed by atoms with Crippen LogP contribution < -0.4 is 4.74 Å². The van der Waals surface area contributed by atoms with Crippen molar-refractivity contribution < 1.29 is 32.5 Å². The summed E-state index contributed by atoms with van der Waals surface area (Å²) in [6, 6.07) is 6.45. The van der Waals surface area contributed by atoms with E-state index >= 15 is 0 Å². The zero-order valence-corrected chi connectivity index (χ0v) is 10.7. The molecular weight excluding hydrogens is 277 g/mol. The van der Waals surface area contributed by atoms with Gasteiger partial charge in [-0.3, -0.25) is 4.79 Å². The molecule has 20 heavy (non-hydrogen) atoms. The third-order valence-electron chi connectivity index (χ3n) is 2.30. The monoisotopic (exact) mass is 292 g/mol. The van der Waals surface area contributed by atoms with Gasteiger partial charge in [0.2, 0.25) is 0 Å². The summed E-state index contributed by atoms with van der Waals surface area (Å²) in [6.45, 7) is -0.187. The van der Waals surface area contributed by atoms with Gasteiger partial charge in [-0.15, -0.1) is 0 Å². The second kappa shape index (κ2) is 7.74. The molecule has 1 rings (SSSR count). The van der Waals surface area contributed by atoms with E-state index in [0.717, 1.165) is 0 Å². The minimum atomic E-state index is -4.21. The van der Waals surface area contributed by atoms with Gasteiger partial charge in [-0.05, 0) is 17.7 Å². The van der Waals surface area contributed by atoms with Crippen molar-refractivity contribution >= 4 is 5.97 Å². The molecular formula is C13H15F3O4. The maximum Gasteiger partial charge on any atom is 0.391 e. The highest BCUT2D eigenvalue weighted by atomic mass is 19.4. The molecule has 112 valence electrons. The molecule has 0 bridgehead atoms. The number of hydrogen-bond acceptors (Lipinski definition) is 3. The van der Waals surface area contributed by atoms with Crippen LogP contribution in [-0.4, -0.2) is 37.1 Å². The van der Waals surface area contributed by atoms with Gasteiger partial charge in [0.25, 0.3) is 0 Å². The van der Waals surface area contributed by atoms with Gasteiger partial charge >= 0.3 is 12.1 Å². The second-order valence-electron chi connectivity index (χ2n) is 4.04. The minimum absolute atomic E-state index is 0.0625. The standard InChI is InChI=1S/C13H15F3O4/c14-13(15,16)5-6-19-7-8-20-11-3-1-10(2-4-11)9-12(17)18/h1-4H,5-9H2,(H,17,18). The third kappa shape index (κ3) is 7.63. The molecule has 0 amide bonds. The Kier molecular flexibility index (Phi) is 6.30. The Hall–Kier alpha value is -1.76. The van der Waals surface area contributed by atoms with Crippen LogP contribution in [0.25, 0.3) is 0 Å². The topological polar surface area (TPSA) is 55.8 Å². The summed E-state index contributed by atoms with van der Waals surface area (Å²) in [5, 5.41) is 8.59. The first-order chi connectivity index (χ1) is 9.37. The Bertz CT molecular complexity index is 415. The number of rotatable bonds is 8. The fourth-order valence-corrected chi connectivity index (χ4v) is 1.39. The van der Waals surface area contributed by atoms with Crippen molar-refractivity contribution in [3.05, 3.63) is 29.8 Å². The van der Waals surface area contributed by atoms with Gasteiger partial charge in [0.15, 0.2) is 0 Å². The van der Waals surface area contributed by atoms with Crippen LogP contribution >= 0.6 is 0 Å². The highest BCUT2D eigenvalue weighted by molar-refractivity contribution is 5.70. The van der Waals surface area contributed by atoms with Crippen molar-refractivity contribution in [2.45, 2.75) is 19.0 Å². The number of carboxylic acid groups (broad SMARTS) is 1. The van der Waals surface area contributed by atoms with E-state index in [0.29, 0.717) is 11.3 Å². The first-order valence-corrected chi connectivity index (χ1v) is 5.95. The van der Waals surface area contributed by atoms with Gasteiger partial charge in [-0.1, -0.05) is 12.1 Å². The summed E-state index contributed by atoms with van der Waals surface area (Å²) >= 11 is 0. The Morgan fingerprint density at radius 1 is 1.10 bits per heavy atom. The van der Waals surface area contributed by atoms with Crippen molar-refractivity contribution in [2.75, 3.05) is 19.8 Å². The number of aliphatic carboxylic acids is 1. The SMILES string of the molecule is O=C(O)Cc1ccc(OCCOCCC(F)(F)F)cc1. The number of alkyl halides is 3. The van der Waals surface area contributed by atoms with E-state index in [2.05, 4.69) is 0 Å². The van der Waals surface area contributed by atoms with E-state index in [1.807, 2.05) is 0 Å². The van der Waals surface area contributed by atoms with Crippen LogP contribution in [0, 0.1) is 0 Å². The zero-order chi connectivity index (χ0) is 15.0. The molecule has 0 radical (unpaired) electrons. The van der Waals surface area contributed by atoms with Crippen molar-refractivity contribution in [1.82, 2.24) is 0 Å². The number of halogens is 3. The molecule has 0 saturated carbocycles. The Balaban J connectivity index is 2.17. The fourth-order valence-electron chi connectivity index (χ4n) is 1.39. The van der Waals surface area contributed by atoms with Gasteiger partial charge in [0.05, 0.1) is 26.1 Å². The largest absolute Gasteiger partial charge is 0.491 e.